The second kappa shape index (κ2) is 6.91. The zero-order valence-corrected chi connectivity index (χ0v) is 18.2. The summed E-state index contributed by atoms with van der Waals surface area (Å²) in [5, 5.41) is 19.7. The number of hydrogen-bond acceptors (Lipinski definition) is 6. The number of nitrogens with zero attached hydrogens (tertiary/aromatic N) is 1. The van der Waals surface area contributed by atoms with E-state index >= 15 is 0 Å². The predicted octanol–water partition coefficient (Wildman–Crippen LogP) is 2.07. The van der Waals surface area contributed by atoms with Crippen molar-refractivity contribution in [1.29, 1.82) is 0 Å². The van der Waals surface area contributed by atoms with Crippen molar-refractivity contribution in [2.75, 3.05) is 6.61 Å². The van der Waals surface area contributed by atoms with E-state index in [9.17, 15) is 28.2 Å². The zero-order chi connectivity index (χ0) is 22.9. The van der Waals surface area contributed by atoms with E-state index in [4.69, 9.17) is 4.74 Å². The minimum absolute atomic E-state index is 0.117. The Morgan fingerprint density at radius 3 is 2.53 bits per heavy atom. The summed E-state index contributed by atoms with van der Waals surface area (Å²) in [5.74, 6) is -2.31. The van der Waals surface area contributed by atoms with E-state index in [1.165, 1.54) is 17.9 Å². The first kappa shape index (κ1) is 20.7. The molecule has 5 rings (SSSR count). The standard InChI is InChI=1S/C23H21NO7S/c1-11-14(21(23(27)28)24-20(11)18(12(2)25)22(24)26)10-31-15-7-5-9-17-19(15)13-6-3-4-8-16(13)32(17,29)30/h3-9,11-12,18,20,25H,10H2,1-2H3,(H,27,28)/t11-,12?,18?,20?/m0/s1. The van der Waals surface area contributed by atoms with Gasteiger partial charge in [-0.05, 0) is 25.1 Å². The third kappa shape index (κ3) is 2.61. The quantitative estimate of drug-likeness (QED) is 0.565. The Kier molecular flexibility index (Phi) is 4.48. The number of β-lactam (4-membered cyclic amide) rings is 1. The van der Waals surface area contributed by atoms with Crippen LogP contribution >= 0.6 is 0 Å². The van der Waals surface area contributed by atoms with Gasteiger partial charge in [-0.3, -0.25) is 4.79 Å². The van der Waals surface area contributed by atoms with Gasteiger partial charge >= 0.3 is 5.97 Å². The Labute approximate surface area is 184 Å². The molecule has 1 saturated heterocycles. The third-order valence-electron chi connectivity index (χ3n) is 6.62. The maximum Gasteiger partial charge on any atom is 0.352 e. The Hall–Kier alpha value is -3.17. The number of amides is 1. The van der Waals surface area contributed by atoms with Crippen LogP contribution in [0.1, 0.15) is 13.8 Å². The van der Waals surface area contributed by atoms with Crippen molar-refractivity contribution in [2.24, 2.45) is 11.8 Å². The van der Waals surface area contributed by atoms with Gasteiger partial charge in [0.25, 0.3) is 0 Å². The van der Waals surface area contributed by atoms with E-state index in [1.54, 1.807) is 36.4 Å². The lowest BCUT2D eigenvalue weighted by Gasteiger charge is -2.46. The summed E-state index contributed by atoms with van der Waals surface area (Å²) >= 11 is 0. The minimum Gasteiger partial charge on any atom is -0.488 e. The van der Waals surface area contributed by atoms with E-state index in [0.717, 1.165) is 0 Å². The van der Waals surface area contributed by atoms with Gasteiger partial charge in [0, 0.05) is 22.6 Å². The van der Waals surface area contributed by atoms with Crippen LogP contribution in [-0.4, -0.2) is 54.2 Å². The van der Waals surface area contributed by atoms with Gasteiger partial charge < -0.3 is 19.8 Å². The first-order chi connectivity index (χ1) is 15.2. The topological polar surface area (TPSA) is 121 Å². The molecule has 0 saturated carbocycles. The number of carboxylic acid groups (broad SMARTS) is 1. The molecule has 9 heteroatoms. The molecule has 1 fully saturated rings. The van der Waals surface area contributed by atoms with Gasteiger partial charge in [0.2, 0.25) is 15.7 Å². The van der Waals surface area contributed by atoms with Gasteiger partial charge in [-0.25, -0.2) is 13.2 Å². The normalized spacial score (nSPS) is 25.7. The van der Waals surface area contributed by atoms with E-state index in [-0.39, 0.29) is 28.0 Å². The SMILES string of the molecule is CC(O)C1C(=O)N2C(C(=O)O)=C(COc3cccc4c3-c3ccccc3S4(=O)=O)[C@H](C)C12. The zero-order valence-electron chi connectivity index (χ0n) is 17.3. The van der Waals surface area contributed by atoms with Gasteiger partial charge in [-0.15, -0.1) is 0 Å². The van der Waals surface area contributed by atoms with Crippen LogP contribution in [0.2, 0.25) is 0 Å². The number of carbonyl (C=O) groups excluding carboxylic acids is 1. The summed E-state index contributed by atoms with van der Waals surface area (Å²) in [6.07, 6.45) is -0.888. The molecule has 3 unspecified atom stereocenters. The molecule has 2 aromatic carbocycles. The lowest BCUT2D eigenvalue weighted by molar-refractivity contribution is -0.163. The van der Waals surface area contributed by atoms with Crippen molar-refractivity contribution >= 4 is 21.7 Å². The molecule has 32 heavy (non-hydrogen) atoms. The molecule has 2 aromatic rings. The molecule has 1 amide bonds. The van der Waals surface area contributed by atoms with Gasteiger partial charge in [-0.1, -0.05) is 31.2 Å². The number of carbonyl (C=O) groups is 2. The number of carboxylic acids is 1. The molecular weight excluding hydrogens is 434 g/mol. The molecule has 3 aliphatic rings. The molecule has 3 aliphatic heterocycles. The molecule has 2 N–H and O–H groups in total. The van der Waals surface area contributed by atoms with Crippen LogP contribution in [0.4, 0.5) is 0 Å². The second-order valence-corrected chi connectivity index (χ2v) is 10.2. The number of sulfone groups is 1. The van der Waals surface area contributed by atoms with Crippen LogP contribution in [0.5, 0.6) is 5.75 Å². The van der Waals surface area contributed by atoms with Crippen molar-refractivity contribution in [2.45, 2.75) is 35.8 Å². The highest BCUT2D eigenvalue weighted by Gasteiger charge is 2.59. The molecule has 166 valence electrons. The van der Waals surface area contributed by atoms with Gasteiger partial charge in [0.15, 0.2) is 0 Å². The molecule has 0 spiro atoms. The highest BCUT2D eigenvalue weighted by molar-refractivity contribution is 7.92. The third-order valence-corrected chi connectivity index (χ3v) is 8.48. The molecule has 0 aliphatic carbocycles. The molecule has 0 aromatic heterocycles. The first-order valence-corrected chi connectivity index (χ1v) is 11.7. The maximum atomic E-state index is 12.9. The van der Waals surface area contributed by atoms with Gasteiger partial charge in [-0.2, -0.15) is 0 Å². The van der Waals surface area contributed by atoms with Crippen molar-refractivity contribution in [1.82, 2.24) is 4.90 Å². The first-order valence-electron chi connectivity index (χ1n) is 10.2. The fraction of sp³-hybridized carbons (Fsp3) is 0.304. The summed E-state index contributed by atoms with van der Waals surface area (Å²) in [5.41, 5.74) is 1.31. The molecule has 8 nitrogen and oxygen atoms in total. The van der Waals surface area contributed by atoms with Crippen molar-refractivity contribution in [3.05, 3.63) is 53.7 Å². The molecule has 4 atom stereocenters. The predicted molar refractivity (Wildman–Crippen MR) is 112 cm³/mol. The average molecular weight is 455 g/mol. The number of aliphatic hydroxyl groups is 1. The van der Waals surface area contributed by atoms with E-state index < -0.39 is 39.8 Å². The number of hydrogen-bond donors (Lipinski definition) is 2. The smallest absolute Gasteiger partial charge is 0.352 e. The Morgan fingerprint density at radius 2 is 1.84 bits per heavy atom. The van der Waals surface area contributed by atoms with Crippen molar-refractivity contribution in [3.63, 3.8) is 0 Å². The minimum atomic E-state index is -3.66. The second-order valence-electron chi connectivity index (χ2n) is 8.35. The number of ether oxygens (including phenoxy) is 1. The van der Waals surface area contributed by atoms with Gasteiger partial charge in [0.05, 0.1) is 27.9 Å². The monoisotopic (exact) mass is 455 g/mol. The summed E-state index contributed by atoms with van der Waals surface area (Å²) in [4.78, 5) is 26.0. The highest BCUT2D eigenvalue weighted by Crippen LogP contribution is 2.49. The average Bonchev–Trinajstić information content (AvgIpc) is 3.13. The molecule has 0 radical (unpaired) electrons. The largest absolute Gasteiger partial charge is 0.488 e. The van der Waals surface area contributed by atoms with Crippen LogP contribution in [0.3, 0.4) is 0 Å². The van der Waals surface area contributed by atoms with Crippen LogP contribution in [0.15, 0.2) is 63.5 Å². The van der Waals surface area contributed by atoms with Crippen LogP contribution in [-0.2, 0) is 19.4 Å². The summed E-state index contributed by atoms with van der Waals surface area (Å²) < 4.78 is 31.8. The molecule has 0 bridgehead atoms. The number of rotatable bonds is 5. The summed E-state index contributed by atoms with van der Waals surface area (Å²) in [6.45, 7) is 3.21. The Morgan fingerprint density at radius 1 is 1.16 bits per heavy atom. The van der Waals surface area contributed by atoms with E-state index in [1.807, 2.05) is 6.92 Å². The lowest BCUT2D eigenvalue weighted by atomic mass is 9.78. The van der Waals surface area contributed by atoms with E-state index in [2.05, 4.69) is 0 Å². The molecule has 3 heterocycles. The number of aliphatic hydroxyl groups excluding tert-OH is 1. The number of aliphatic carboxylic acids is 1. The maximum absolute atomic E-state index is 12.9. The molecular formula is C23H21NO7S. The van der Waals surface area contributed by atoms with Crippen LogP contribution < -0.4 is 4.74 Å². The van der Waals surface area contributed by atoms with Crippen LogP contribution in [0, 0.1) is 11.8 Å². The summed E-state index contributed by atoms with van der Waals surface area (Å²) in [6, 6.07) is 11.0. The Bertz CT molecular complexity index is 1310. The fourth-order valence-corrected chi connectivity index (χ4v) is 6.83. The summed E-state index contributed by atoms with van der Waals surface area (Å²) in [7, 11) is -3.66. The number of benzene rings is 2. The van der Waals surface area contributed by atoms with Crippen LogP contribution in [0.25, 0.3) is 11.1 Å². The fourth-order valence-electron chi connectivity index (χ4n) is 5.14. The van der Waals surface area contributed by atoms with Crippen molar-refractivity contribution in [3.8, 4) is 16.9 Å². The van der Waals surface area contributed by atoms with E-state index in [0.29, 0.717) is 22.4 Å². The van der Waals surface area contributed by atoms with Crippen molar-refractivity contribution < 1.29 is 33.0 Å². The number of fused-ring (bicyclic) bond motifs is 4. The Balaban J connectivity index is 1.52. The highest BCUT2D eigenvalue weighted by atomic mass is 32.2. The lowest BCUT2D eigenvalue weighted by Crippen LogP contribution is -2.63. The van der Waals surface area contributed by atoms with Gasteiger partial charge in [0.1, 0.15) is 18.1 Å².